The van der Waals surface area contributed by atoms with Crippen molar-refractivity contribution in [3.05, 3.63) is 17.7 Å². The lowest BCUT2D eigenvalue weighted by Gasteiger charge is -2.13. The molecule has 0 heterocycles. The Bertz CT molecular complexity index is 408. The molecule has 3 N–H and O–H groups in total. The summed E-state index contributed by atoms with van der Waals surface area (Å²) in [7, 11) is 1.36. The third kappa shape index (κ3) is 2.40. The molecule has 0 spiro atoms. The Morgan fingerprint density at radius 1 is 1.62 bits per heavy atom. The summed E-state index contributed by atoms with van der Waals surface area (Å²) >= 11 is -1.28. The van der Waals surface area contributed by atoms with Crippen molar-refractivity contribution in [2.24, 2.45) is 0 Å². The molecule has 0 saturated carbocycles. The van der Waals surface area contributed by atoms with Gasteiger partial charge < -0.3 is 20.1 Å². The fourth-order valence-electron chi connectivity index (χ4n) is 1.26. The van der Waals surface area contributed by atoms with Crippen LogP contribution in [-0.2, 0) is 11.2 Å². The van der Waals surface area contributed by atoms with Gasteiger partial charge in [-0.15, -0.1) is 0 Å². The largest absolute Gasteiger partial charge is 0.611 e. The standard InChI is InChI=1S/C10H13NO4S/c1-3-16(14)9-4-6(10(12)13)8(15-2)5-7(9)11/h4-5H,3,11H2,1-2H3,(H,12,13). The van der Waals surface area contributed by atoms with Crippen LogP contribution in [0.2, 0.25) is 0 Å². The van der Waals surface area contributed by atoms with Gasteiger partial charge in [0.05, 0.1) is 12.8 Å². The quantitative estimate of drug-likeness (QED) is 0.610. The zero-order valence-electron chi connectivity index (χ0n) is 9.02. The molecule has 1 aromatic carbocycles. The van der Waals surface area contributed by atoms with Crippen LogP contribution >= 0.6 is 0 Å². The van der Waals surface area contributed by atoms with Crippen molar-refractivity contribution in [2.75, 3.05) is 18.6 Å². The van der Waals surface area contributed by atoms with Crippen molar-refractivity contribution in [2.45, 2.75) is 11.8 Å². The second-order valence-electron chi connectivity index (χ2n) is 3.03. The van der Waals surface area contributed by atoms with Crippen molar-refractivity contribution >= 4 is 22.8 Å². The van der Waals surface area contributed by atoms with E-state index >= 15 is 0 Å². The Morgan fingerprint density at radius 2 is 2.25 bits per heavy atom. The van der Waals surface area contributed by atoms with Crippen LogP contribution < -0.4 is 10.5 Å². The summed E-state index contributed by atoms with van der Waals surface area (Å²) < 4.78 is 16.5. The zero-order chi connectivity index (χ0) is 12.3. The summed E-state index contributed by atoms with van der Waals surface area (Å²) in [5.41, 5.74) is 5.92. The average molecular weight is 243 g/mol. The molecule has 88 valence electrons. The number of rotatable bonds is 4. The van der Waals surface area contributed by atoms with Crippen LogP contribution in [0, 0.1) is 0 Å². The summed E-state index contributed by atoms with van der Waals surface area (Å²) in [6.07, 6.45) is 0. The molecular formula is C10H13NO4S. The van der Waals surface area contributed by atoms with Crippen LogP contribution in [0.1, 0.15) is 17.3 Å². The molecular weight excluding hydrogens is 230 g/mol. The Kier molecular flexibility index (Phi) is 4.03. The number of hydrogen-bond acceptors (Lipinski definition) is 4. The number of carboxylic acids is 1. The number of carbonyl (C=O) groups is 1. The van der Waals surface area contributed by atoms with Gasteiger partial charge in [0.1, 0.15) is 17.1 Å². The van der Waals surface area contributed by atoms with Crippen LogP contribution in [0.5, 0.6) is 5.75 Å². The van der Waals surface area contributed by atoms with E-state index in [0.717, 1.165) is 0 Å². The molecule has 1 atom stereocenters. The van der Waals surface area contributed by atoms with E-state index in [1.54, 1.807) is 6.92 Å². The predicted molar refractivity (Wildman–Crippen MR) is 61.3 cm³/mol. The van der Waals surface area contributed by atoms with E-state index in [1.165, 1.54) is 19.2 Å². The van der Waals surface area contributed by atoms with E-state index in [0.29, 0.717) is 10.6 Å². The minimum atomic E-state index is -1.28. The second-order valence-corrected chi connectivity index (χ2v) is 4.74. The second kappa shape index (κ2) is 5.09. The third-order valence-corrected chi connectivity index (χ3v) is 3.44. The van der Waals surface area contributed by atoms with Gasteiger partial charge in [-0.1, -0.05) is 0 Å². The van der Waals surface area contributed by atoms with Crippen LogP contribution in [-0.4, -0.2) is 28.5 Å². The minimum absolute atomic E-state index is 0.0338. The smallest absolute Gasteiger partial charge is 0.339 e. The van der Waals surface area contributed by atoms with E-state index < -0.39 is 17.1 Å². The number of anilines is 1. The summed E-state index contributed by atoms with van der Waals surface area (Å²) in [6.45, 7) is 1.74. The molecule has 0 bridgehead atoms. The number of aromatic carboxylic acids is 1. The lowest BCUT2D eigenvalue weighted by molar-refractivity contribution is 0.0693. The molecule has 0 amide bonds. The number of nitrogens with two attached hydrogens (primary N) is 1. The van der Waals surface area contributed by atoms with Crippen LogP contribution in [0.15, 0.2) is 17.0 Å². The lowest BCUT2D eigenvalue weighted by atomic mass is 10.2. The van der Waals surface area contributed by atoms with E-state index in [9.17, 15) is 9.35 Å². The average Bonchev–Trinajstić information content (AvgIpc) is 2.27. The Balaban J connectivity index is 3.33. The molecule has 1 unspecified atom stereocenters. The van der Waals surface area contributed by atoms with Crippen LogP contribution in [0.25, 0.3) is 0 Å². The maximum Gasteiger partial charge on any atom is 0.339 e. The molecule has 1 aromatic rings. The monoisotopic (exact) mass is 243 g/mol. The summed E-state index contributed by atoms with van der Waals surface area (Å²) in [4.78, 5) is 11.3. The highest BCUT2D eigenvalue weighted by Gasteiger charge is 2.20. The minimum Gasteiger partial charge on any atom is -0.611 e. The van der Waals surface area contributed by atoms with Gasteiger partial charge in [-0.2, -0.15) is 0 Å². The molecule has 5 nitrogen and oxygen atoms in total. The van der Waals surface area contributed by atoms with E-state index in [-0.39, 0.29) is 17.0 Å². The van der Waals surface area contributed by atoms with Gasteiger partial charge in [-0.25, -0.2) is 4.79 Å². The number of ether oxygens (including phenoxy) is 1. The number of nitrogen functional groups attached to an aromatic ring is 1. The number of hydrogen-bond donors (Lipinski definition) is 2. The SMILES string of the molecule is CC[S+]([O-])c1cc(C(=O)O)c(OC)cc1N. The summed E-state index contributed by atoms with van der Waals surface area (Å²) in [5, 5.41) is 8.95. The van der Waals surface area contributed by atoms with Crippen molar-refractivity contribution in [1.82, 2.24) is 0 Å². The van der Waals surface area contributed by atoms with Crippen LogP contribution in [0.4, 0.5) is 5.69 Å². The number of benzene rings is 1. The first-order valence-electron chi connectivity index (χ1n) is 4.60. The van der Waals surface area contributed by atoms with Gasteiger partial charge in [-0.3, -0.25) is 0 Å². The predicted octanol–water partition coefficient (Wildman–Crippen LogP) is 1.10. The molecule has 0 aromatic heterocycles. The maximum atomic E-state index is 11.6. The highest BCUT2D eigenvalue weighted by atomic mass is 32.2. The van der Waals surface area contributed by atoms with Gasteiger partial charge >= 0.3 is 5.97 Å². The van der Waals surface area contributed by atoms with E-state index in [2.05, 4.69) is 0 Å². The first-order valence-corrected chi connectivity index (χ1v) is 5.92. The maximum absolute atomic E-state index is 11.6. The molecule has 0 fully saturated rings. The molecule has 0 aliphatic carbocycles. The first kappa shape index (κ1) is 12.7. The lowest BCUT2D eigenvalue weighted by Crippen LogP contribution is -2.10. The third-order valence-electron chi connectivity index (χ3n) is 2.07. The summed E-state index contributed by atoms with van der Waals surface area (Å²) in [5.74, 6) is -0.580. The van der Waals surface area contributed by atoms with Gasteiger partial charge in [0.2, 0.25) is 0 Å². The first-order chi connectivity index (χ1) is 7.51. The fraction of sp³-hybridized carbons (Fsp3) is 0.300. The van der Waals surface area contributed by atoms with Gasteiger partial charge in [0.25, 0.3) is 0 Å². The topological polar surface area (TPSA) is 95.6 Å². The number of methoxy groups -OCH3 is 1. The highest BCUT2D eigenvalue weighted by Crippen LogP contribution is 2.29. The van der Waals surface area contributed by atoms with Gasteiger partial charge in [0, 0.05) is 12.1 Å². The van der Waals surface area contributed by atoms with Crippen molar-refractivity contribution < 1.29 is 19.2 Å². The van der Waals surface area contributed by atoms with Gasteiger partial charge in [0.15, 0.2) is 4.90 Å². The highest BCUT2D eigenvalue weighted by molar-refractivity contribution is 7.91. The molecule has 6 heteroatoms. The van der Waals surface area contributed by atoms with Crippen molar-refractivity contribution in [1.29, 1.82) is 0 Å². The number of carboxylic acid groups (broad SMARTS) is 1. The summed E-state index contributed by atoms with van der Waals surface area (Å²) in [6, 6.07) is 2.68. The molecule has 0 radical (unpaired) electrons. The fourth-order valence-corrected chi connectivity index (χ4v) is 2.15. The molecule has 0 aliphatic rings. The molecule has 0 saturated heterocycles. The van der Waals surface area contributed by atoms with E-state index in [1.807, 2.05) is 0 Å². The van der Waals surface area contributed by atoms with E-state index in [4.69, 9.17) is 15.6 Å². The van der Waals surface area contributed by atoms with Crippen molar-refractivity contribution in [3.8, 4) is 5.75 Å². The Morgan fingerprint density at radius 3 is 2.69 bits per heavy atom. The van der Waals surface area contributed by atoms with Gasteiger partial charge in [-0.05, 0) is 18.1 Å². The Labute approximate surface area is 96.4 Å². The normalized spacial score (nSPS) is 12.2. The molecule has 16 heavy (non-hydrogen) atoms. The van der Waals surface area contributed by atoms with Crippen LogP contribution in [0.3, 0.4) is 0 Å². The molecule has 1 rings (SSSR count). The zero-order valence-corrected chi connectivity index (χ0v) is 9.84. The van der Waals surface area contributed by atoms with Crippen molar-refractivity contribution in [3.63, 3.8) is 0 Å². The molecule has 0 aliphatic heterocycles. The Hall–Kier alpha value is -1.40.